The fourth-order valence-corrected chi connectivity index (χ4v) is 1.14. The van der Waals surface area contributed by atoms with Gasteiger partial charge in [0.05, 0.1) is 0 Å². The highest BCUT2D eigenvalue weighted by atomic mass is 19.4. The third-order valence-electron chi connectivity index (χ3n) is 1.64. The van der Waals surface area contributed by atoms with Crippen LogP contribution < -0.4 is 0 Å². The third-order valence-corrected chi connectivity index (χ3v) is 1.64. The van der Waals surface area contributed by atoms with Gasteiger partial charge in [-0.1, -0.05) is 13.8 Å². The van der Waals surface area contributed by atoms with Gasteiger partial charge >= 0.3 is 12.1 Å². The first-order chi connectivity index (χ1) is 7.61. The predicted octanol–water partition coefficient (Wildman–Crippen LogP) is 1.67. The maximum absolute atomic E-state index is 12.2. The van der Waals surface area contributed by atoms with Crippen LogP contribution in [-0.2, 0) is 9.59 Å². The number of carboxylic acid groups (broad SMARTS) is 1. The van der Waals surface area contributed by atoms with E-state index >= 15 is 0 Å². The molecule has 4 nitrogen and oxygen atoms in total. The zero-order chi connectivity index (χ0) is 13.6. The number of nitrogens with zero attached hydrogens (tertiary/aromatic N) is 1. The van der Waals surface area contributed by atoms with E-state index in [9.17, 15) is 22.8 Å². The van der Waals surface area contributed by atoms with Crippen molar-refractivity contribution in [2.75, 3.05) is 13.1 Å². The van der Waals surface area contributed by atoms with Crippen LogP contribution in [0, 0.1) is 5.92 Å². The lowest BCUT2D eigenvalue weighted by molar-refractivity contribution is -0.159. The first kappa shape index (κ1) is 15.5. The molecule has 0 fully saturated rings. The Morgan fingerprint density at radius 2 is 1.82 bits per heavy atom. The van der Waals surface area contributed by atoms with E-state index in [-0.39, 0.29) is 12.5 Å². The molecule has 98 valence electrons. The summed E-state index contributed by atoms with van der Waals surface area (Å²) in [6.07, 6.45) is -3.36. The fourth-order valence-electron chi connectivity index (χ4n) is 1.14. The Balaban J connectivity index is 4.68. The van der Waals surface area contributed by atoms with Crippen LogP contribution in [0.25, 0.3) is 0 Å². The molecule has 0 radical (unpaired) electrons. The first-order valence-electron chi connectivity index (χ1n) is 4.88. The lowest BCUT2D eigenvalue weighted by Crippen LogP contribution is -2.40. The van der Waals surface area contributed by atoms with Gasteiger partial charge in [-0.05, 0) is 5.92 Å². The molecule has 1 amide bonds. The third kappa shape index (κ3) is 8.29. The lowest BCUT2D eigenvalue weighted by Gasteiger charge is -2.24. The Morgan fingerprint density at radius 3 is 2.18 bits per heavy atom. The molecule has 0 saturated carbocycles. The van der Waals surface area contributed by atoms with Crippen LogP contribution in [0.1, 0.15) is 13.8 Å². The van der Waals surface area contributed by atoms with Crippen LogP contribution in [0.3, 0.4) is 0 Å². The maximum Gasteiger partial charge on any atom is 0.406 e. The van der Waals surface area contributed by atoms with Crippen LogP contribution in [0.4, 0.5) is 13.2 Å². The predicted molar refractivity (Wildman–Crippen MR) is 54.2 cm³/mol. The Labute approximate surface area is 96.7 Å². The molecule has 0 saturated heterocycles. The zero-order valence-electron chi connectivity index (χ0n) is 9.49. The van der Waals surface area contributed by atoms with Crippen molar-refractivity contribution >= 4 is 11.9 Å². The van der Waals surface area contributed by atoms with Crippen molar-refractivity contribution in [1.82, 2.24) is 4.90 Å². The summed E-state index contributed by atoms with van der Waals surface area (Å²) in [5.41, 5.74) is 0. The maximum atomic E-state index is 12.2. The van der Waals surface area contributed by atoms with Crippen molar-refractivity contribution in [3.05, 3.63) is 12.2 Å². The number of hydrogen-bond donors (Lipinski definition) is 1. The average molecular weight is 253 g/mol. The van der Waals surface area contributed by atoms with Crippen LogP contribution in [0.15, 0.2) is 12.2 Å². The number of aliphatic carboxylic acids is 1. The van der Waals surface area contributed by atoms with E-state index in [4.69, 9.17) is 5.11 Å². The van der Waals surface area contributed by atoms with Gasteiger partial charge in [0.1, 0.15) is 6.54 Å². The second-order valence-electron chi connectivity index (χ2n) is 3.90. The van der Waals surface area contributed by atoms with Gasteiger partial charge in [0.2, 0.25) is 5.91 Å². The van der Waals surface area contributed by atoms with Crippen molar-refractivity contribution < 1.29 is 27.9 Å². The molecule has 1 N–H and O–H groups in total. The van der Waals surface area contributed by atoms with E-state index in [2.05, 4.69) is 0 Å². The molecule has 0 unspecified atom stereocenters. The Hall–Kier alpha value is -1.53. The number of carboxylic acids is 1. The first-order valence-corrected chi connectivity index (χ1v) is 4.88. The smallest absolute Gasteiger partial charge is 0.406 e. The summed E-state index contributed by atoms with van der Waals surface area (Å²) in [4.78, 5) is 22.1. The zero-order valence-corrected chi connectivity index (χ0v) is 9.49. The number of hydrogen-bond acceptors (Lipinski definition) is 2. The monoisotopic (exact) mass is 253 g/mol. The van der Waals surface area contributed by atoms with E-state index in [1.165, 1.54) is 0 Å². The standard InChI is InChI=1S/C10H14F3NO3/c1-7(2)5-14(6-10(11,12)13)8(15)3-4-9(16)17/h3-4,7H,5-6H2,1-2H3,(H,16,17)/b4-3+. The van der Waals surface area contributed by atoms with Crippen molar-refractivity contribution in [1.29, 1.82) is 0 Å². The summed E-state index contributed by atoms with van der Waals surface area (Å²) >= 11 is 0. The van der Waals surface area contributed by atoms with Gasteiger partial charge < -0.3 is 10.0 Å². The van der Waals surface area contributed by atoms with Crippen LogP contribution in [0.5, 0.6) is 0 Å². The summed E-state index contributed by atoms with van der Waals surface area (Å²) in [6.45, 7) is 1.87. The molecule has 0 aromatic carbocycles. The van der Waals surface area contributed by atoms with Gasteiger partial charge in [0.25, 0.3) is 0 Å². The van der Waals surface area contributed by atoms with E-state index in [0.29, 0.717) is 17.1 Å². The van der Waals surface area contributed by atoms with E-state index in [0.717, 1.165) is 0 Å². The molecule has 0 heterocycles. The average Bonchev–Trinajstić information content (AvgIpc) is 2.09. The number of halogens is 3. The topological polar surface area (TPSA) is 57.6 Å². The number of carbonyl (C=O) groups excluding carboxylic acids is 1. The van der Waals surface area contributed by atoms with E-state index in [1.807, 2.05) is 0 Å². The SMILES string of the molecule is CC(C)CN(CC(F)(F)F)C(=O)/C=C/C(=O)O. The second-order valence-corrected chi connectivity index (χ2v) is 3.90. The minimum atomic E-state index is -4.50. The molecule has 0 aromatic heterocycles. The minimum absolute atomic E-state index is 0.0810. The van der Waals surface area contributed by atoms with Crippen molar-refractivity contribution in [2.45, 2.75) is 20.0 Å². The normalized spacial score (nSPS) is 12.1. The van der Waals surface area contributed by atoms with Gasteiger partial charge in [-0.25, -0.2) is 4.79 Å². The summed E-state index contributed by atoms with van der Waals surface area (Å²) < 4.78 is 36.5. The molecule has 17 heavy (non-hydrogen) atoms. The van der Waals surface area contributed by atoms with E-state index in [1.54, 1.807) is 13.8 Å². The number of amides is 1. The second kappa shape index (κ2) is 6.27. The molecule has 0 aliphatic rings. The van der Waals surface area contributed by atoms with Gasteiger partial charge in [0, 0.05) is 18.7 Å². The quantitative estimate of drug-likeness (QED) is 0.758. The fraction of sp³-hybridized carbons (Fsp3) is 0.600. The number of alkyl halides is 3. The van der Waals surface area contributed by atoms with Crippen LogP contribution in [0.2, 0.25) is 0 Å². The molecule has 0 spiro atoms. The number of rotatable bonds is 5. The molecule has 0 bridgehead atoms. The van der Waals surface area contributed by atoms with Gasteiger partial charge in [0.15, 0.2) is 0 Å². The summed E-state index contributed by atoms with van der Waals surface area (Å²) in [6, 6.07) is 0. The van der Waals surface area contributed by atoms with Crippen LogP contribution >= 0.6 is 0 Å². The molecule has 0 aromatic rings. The summed E-state index contributed by atoms with van der Waals surface area (Å²) in [7, 11) is 0. The van der Waals surface area contributed by atoms with Gasteiger partial charge in [-0.15, -0.1) is 0 Å². The highest BCUT2D eigenvalue weighted by molar-refractivity contribution is 5.93. The molecule has 0 aliphatic heterocycles. The number of carbonyl (C=O) groups is 2. The molecule has 7 heteroatoms. The Bertz CT molecular complexity index is 310. The summed E-state index contributed by atoms with van der Waals surface area (Å²) in [5, 5.41) is 8.28. The lowest BCUT2D eigenvalue weighted by atomic mass is 10.2. The van der Waals surface area contributed by atoms with Gasteiger partial charge in [-0.2, -0.15) is 13.2 Å². The molecular weight excluding hydrogens is 239 g/mol. The molecule has 0 atom stereocenters. The van der Waals surface area contributed by atoms with Crippen molar-refractivity contribution in [2.24, 2.45) is 5.92 Å². The highest BCUT2D eigenvalue weighted by Crippen LogP contribution is 2.17. The summed E-state index contributed by atoms with van der Waals surface area (Å²) in [5.74, 6) is -2.48. The Kier molecular flexibility index (Phi) is 5.70. The minimum Gasteiger partial charge on any atom is -0.478 e. The van der Waals surface area contributed by atoms with E-state index < -0.39 is 24.6 Å². The largest absolute Gasteiger partial charge is 0.478 e. The van der Waals surface area contributed by atoms with Crippen molar-refractivity contribution in [3.8, 4) is 0 Å². The Morgan fingerprint density at radius 1 is 1.29 bits per heavy atom. The molecular formula is C10H14F3NO3. The molecule has 0 rings (SSSR count). The molecule has 0 aliphatic carbocycles. The van der Waals surface area contributed by atoms with Gasteiger partial charge in [-0.3, -0.25) is 4.79 Å². The van der Waals surface area contributed by atoms with Crippen molar-refractivity contribution in [3.63, 3.8) is 0 Å². The van der Waals surface area contributed by atoms with Crippen LogP contribution in [-0.4, -0.2) is 41.1 Å². The highest BCUT2D eigenvalue weighted by Gasteiger charge is 2.32.